The van der Waals surface area contributed by atoms with Crippen molar-refractivity contribution in [3.05, 3.63) is 0 Å². The van der Waals surface area contributed by atoms with Gasteiger partial charge in [-0.2, -0.15) is 0 Å². The summed E-state index contributed by atoms with van der Waals surface area (Å²) in [5.41, 5.74) is -0.0105. The maximum Gasteiger partial charge on any atom is 0.105 e. The number of quaternary nitrogens is 1. The normalized spacial score (nSPS) is 12.4. The van der Waals surface area contributed by atoms with Gasteiger partial charge in [-0.15, -0.1) is 0 Å². The molecule has 0 aliphatic carbocycles. The molecule has 242 valence electrons. The average molecular weight is 584 g/mol. The van der Waals surface area contributed by atoms with Crippen LogP contribution in [0.1, 0.15) is 206 Å². The molecule has 2 nitrogen and oxygen atoms in total. The van der Waals surface area contributed by atoms with Crippen LogP contribution in [0.5, 0.6) is 0 Å². The third kappa shape index (κ3) is 28.5. The third-order valence-electron chi connectivity index (χ3n) is 8.95. The van der Waals surface area contributed by atoms with Gasteiger partial charge < -0.3 is 18.5 Å². The molecule has 0 bridgehead atoms. The zero-order chi connectivity index (χ0) is 29.6. The molecular weight excluding hydrogens is 505 g/mol. The molecule has 0 amide bonds. The van der Waals surface area contributed by atoms with Gasteiger partial charge in [0.2, 0.25) is 0 Å². The topological polar surface area (TPSA) is 9.23 Å². The van der Waals surface area contributed by atoms with Gasteiger partial charge in [-0.05, 0) is 12.8 Å². The van der Waals surface area contributed by atoms with Gasteiger partial charge in [0.25, 0.3) is 0 Å². The highest BCUT2D eigenvalue weighted by Crippen LogP contribution is 2.31. The Morgan fingerprint density at radius 1 is 0.400 bits per heavy atom. The van der Waals surface area contributed by atoms with Crippen LogP contribution in [0, 0.1) is 0 Å². The molecule has 0 heterocycles. The zero-order valence-electron chi connectivity index (χ0n) is 28.8. The van der Waals surface area contributed by atoms with E-state index in [1.807, 2.05) is 0 Å². The van der Waals surface area contributed by atoms with Crippen molar-refractivity contribution in [1.82, 2.24) is 0 Å². The van der Waals surface area contributed by atoms with Crippen LogP contribution in [0.15, 0.2) is 0 Å². The third-order valence-corrected chi connectivity index (χ3v) is 9.38. The van der Waals surface area contributed by atoms with E-state index < -0.39 is 0 Å². The van der Waals surface area contributed by atoms with Crippen molar-refractivity contribution in [3.8, 4) is 0 Å². The van der Waals surface area contributed by atoms with E-state index in [9.17, 15) is 0 Å². The molecule has 0 aromatic carbocycles. The monoisotopic (exact) mass is 584 g/mol. The van der Waals surface area contributed by atoms with Crippen LogP contribution in [0.3, 0.4) is 0 Å². The van der Waals surface area contributed by atoms with E-state index in [-0.39, 0.29) is 5.60 Å². The van der Waals surface area contributed by atoms with E-state index in [1.165, 1.54) is 193 Å². The molecule has 0 saturated carbocycles. The number of rotatable bonds is 33. The van der Waals surface area contributed by atoms with Crippen LogP contribution in [0.2, 0.25) is 0 Å². The predicted octanol–water partition coefficient (Wildman–Crippen LogP) is 13.2. The van der Waals surface area contributed by atoms with Crippen LogP contribution in [-0.4, -0.2) is 37.8 Å². The smallest absolute Gasteiger partial charge is 0.105 e. The summed E-state index contributed by atoms with van der Waals surface area (Å²) < 4.78 is 7.10. The number of nitrogens with zero attached hydrogens (tertiary/aromatic N) is 1. The van der Waals surface area contributed by atoms with Crippen molar-refractivity contribution in [2.45, 2.75) is 212 Å². The lowest BCUT2D eigenvalue weighted by Gasteiger charge is -2.42. The van der Waals surface area contributed by atoms with Gasteiger partial charge >= 0.3 is 0 Å². The first-order valence-corrected chi connectivity index (χ1v) is 18.9. The van der Waals surface area contributed by atoms with E-state index in [0.29, 0.717) is 0 Å². The van der Waals surface area contributed by atoms with E-state index in [2.05, 4.69) is 44.5 Å². The second kappa shape index (κ2) is 29.4. The Kier molecular flexibility index (Phi) is 29.7. The van der Waals surface area contributed by atoms with Crippen LogP contribution in [0.25, 0.3) is 0 Å². The first-order valence-electron chi connectivity index (χ1n) is 18.5. The second-order valence-electron chi connectivity index (χ2n) is 14.4. The minimum Gasteiger partial charge on any atom is -0.552 e. The Hall–Kier alpha value is 0.350. The fourth-order valence-electron chi connectivity index (χ4n) is 6.57. The molecule has 0 aliphatic heterocycles. The van der Waals surface area contributed by atoms with Crippen molar-refractivity contribution in [2.75, 3.05) is 27.7 Å². The van der Waals surface area contributed by atoms with E-state index in [1.54, 1.807) is 0 Å². The molecule has 0 fully saturated rings. The Bertz CT molecular complexity index is 457. The maximum atomic E-state index is 6.13. The Morgan fingerprint density at radius 2 is 0.625 bits per heavy atom. The molecule has 0 aromatic heterocycles. The number of hydrogen-bond donors (Lipinski definition) is 0. The highest BCUT2D eigenvalue weighted by atomic mass is 31.0. The molecular formula is C37H78NOP. The lowest BCUT2D eigenvalue weighted by molar-refractivity contribution is -0.876. The van der Waals surface area contributed by atoms with Gasteiger partial charge in [0.1, 0.15) is 6.54 Å². The van der Waals surface area contributed by atoms with Gasteiger partial charge in [-0.1, -0.05) is 194 Å². The summed E-state index contributed by atoms with van der Waals surface area (Å²) in [5.74, 6) is 0. The Balaban J connectivity index is 3.90. The standard InChI is InChI=1S/C37H78NOP/c1-6-8-10-12-14-16-18-20-22-24-26-28-30-32-34-37(39-40,36-38(3,4)5)35-33-31-29-27-25-23-21-19-17-15-13-11-9-7-2/h40H,6-36H2,1-5H3. The minimum absolute atomic E-state index is 0.0105. The fraction of sp³-hybridized carbons (Fsp3) is 1.00. The molecule has 0 spiro atoms. The number of unbranched alkanes of at least 4 members (excludes halogenated alkanes) is 26. The molecule has 0 aromatic rings. The SMILES string of the molecule is CCCCCCCCCCCCCCCCC(CCCCCCCCCCCCCCCC)(C[N+](C)(C)C)O[PH-]. The maximum absolute atomic E-state index is 6.13. The van der Waals surface area contributed by atoms with Gasteiger partial charge in [0.05, 0.1) is 26.7 Å². The summed E-state index contributed by atoms with van der Waals surface area (Å²) in [6.07, 6.45) is 42.2. The minimum atomic E-state index is -0.0105. The molecule has 0 saturated heterocycles. The first kappa shape index (κ1) is 40.4. The predicted molar refractivity (Wildman–Crippen MR) is 185 cm³/mol. The number of hydrogen-bond acceptors (Lipinski definition) is 1. The van der Waals surface area contributed by atoms with Crippen LogP contribution in [0.4, 0.5) is 0 Å². The van der Waals surface area contributed by atoms with Crippen molar-refractivity contribution in [2.24, 2.45) is 0 Å². The van der Waals surface area contributed by atoms with Crippen LogP contribution >= 0.6 is 9.47 Å². The number of likely N-dealkylation sites (N-methyl/N-ethyl adjacent to an activating group) is 1. The molecule has 0 rings (SSSR count). The zero-order valence-corrected chi connectivity index (χ0v) is 29.8. The van der Waals surface area contributed by atoms with Crippen LogP contribution < -0.4 is 0 Å². The molecule has 0 radical (unpaired) electrons. The summed E-state index contributed by atoms with van der Waals surface area (Å²) in [6.45, 7) is 5.70. The van der Waals surface area contributed by atoms with Crippen molar-refractivity contribution >= 4 is 9.47 Å². The highest BCUT2D eigenvalue weighted by Gasteiger charge is 2.32. The lowest BCUT2D eigenvalue weighted by atomic mass is 9.88. The van der Waals surface area contributed by atoms with Crippen molar-refractivity contribution < 1.29 is 9.01 Å². The van der Waals surface area contributed by atoms with E-state index >= 15 is 0 Å². The van der Waals surface area contributed by atoms with Gasteiger partial charge in [-0.25, -0.2) is 0 Å². The molecule has 0 atom stereocenters. The summed E-state index contributed by atoms with van der Waals surface area (Å²) in [6, 6.07) is 0. The van der Waals surface area contributed by atoms with Crippen LogP contribution in [-0.2, 0) is 4.52 Å². The summed E-state index contributed by atoms with van der Waals surface area (Å²) in [5, 5.41) is 0. The van der Waals surface area contributed by atoms with Gasteiger partial charge in [-0.3, -0.25) is 0 Å². The highest BCUT2D eigenvalue weighted by molar-refractivity contribution is 7.09. The Labute approximate surface area is 257 Å². The van der Waals surface area contributed by atoms with Gasteiger partial charge in [0, 0.05) is 0 Å². The first-order chi connectivity index (χ1) is 19.4. The largest absolute Gasteiger partial charge is 0.552 e. The van der Waals surface area contributed by atoms with E-state index in [4.69, 9.17) is 4.52 Å². The summed E-state index contributed by atoms with van der Waals surface area (Å²) in [4.78, 5) is 0. The summed E-state index contributed by atoms with van der Waals surface area (Å²) >= 11 is 0. The van der Waals surface area contributed by atoms with Gasteiger partial charge in [0.15, 0.2) is 0 Å². The average Bonchev–Trinajstić information content (AvgIpc) is 2.92. The van der Waals surface area contributed by atoms with E-state index in [0.717, 1.165) is 11.0 Å². The van der Waals surface area contributed by atoms with Crippen molar-refractivity contribution in [3.63, 3.8) is 0 Å². The quantitative estimate of drug-likeness (QED) is 0.0424. The second-order valence-corrected chi connectivity index (χ2v) is 14.6. The molecule has 0 aliphatic rings. The Morgan fingerprint density at radius 3 is 0.825 bits per heavy atom. The molecule has 40 heavy (non-hydrogen) atoms. The molecule has 0 N–H and O–H groups in total. The molecule has 3 heteroatoms. The molecule has 0 unspecified atom stereocenters. The van der Waals surface area contributed by atoms with Crippen molar-refractivity contribution in [1.29, 1.82) is 0 Å². The summed E-state index contributed by atoms with van der Waals surface area (Å²) in [7, 11) is 10.5. The fourth-order valence-corrected chi connectivity index (χ4v) is 6.83. The lowest BCUT2D eigenvalue weighted by Crippen LogP contribution is -2.49.